The third kappa shape index (κ3) is 11.5. The molecule has 4 nitrogen and oxygen atoms in total. The van der Waals surface area contributed by atoms with Crippen LogP contribution in [0.1, 0.15) is 96.6 Å². The highest BCUT2D eigenvalue weighted by atomic mass is 16.7. The molecule has 0 unspecified atom stereocenters. The SMILES string of the molecule is CCCCCCCCCCc1ccc(C=C(CC)C(OC(C)=O)OC(C)=O)cc1. The fraction of sp³-hybridized carbons (Fsp3) is 0.600. The molecule has 0 aliphatic carbocycles. The van der Waals surface area contributed by atoms with Gasteiger partial charge in [0.2, 0.25) is 0 Å². The second-order valence-electron chi connectivity index (χ2n) is 7.59. The molecule has 0 heterocycles. The van der Waals surface area contributed by atoms with Crippen LogP contribution in [-0.4, -0.2) is 18.2 Å². The van der Waals surface area contributed by atoms with Gasteiger partial charge in [0.15, 0.2) is 0 Å². The van der Waals surface area contributed by atoms with E-state index in [-0.39, 0.29) is 0 Å². The molecule has 0 spiro atoms. The minimum Gasteiger partial charge on any atom is -0.421 e. The first-order valence-corrected chi connectivity index (χ1v) is 11.1. The summed E-state index contributed by atoms with van der Waals surface area (Å²) in [5.41, 5.74) is 3.10. The Morgan fingerprint density at radius 3 is 1.83 bits per heavy atom. The average Bonchev–Trinajstić information content (AvgIpc) is 2.68. The summed E-state index contributed by atoms with van der Waals surface area (Å²) in [5, 5.41) is 0. The van der Waals surface area contributed by atoms with Gasteiger partial charge < -0.3 is 9.47 Å². The summed E-state index contributed by atoms with van der Waals surface area (Å²) in [6, 6.07) is 8.42. The van der Waals surface area contributed by atoms with Gasteiger partial charge in [0.05, 0.1) is 0 Å². The lowest BCUT2D eigenvalue weighted by atomic mass is 10.0. The molecule has 1 aromatic carbocycles. The van der Waals surface area contributed by atoms with Crippen molar-refractivity contribution in [1.29, 1.82) is 0 Å². The van der Waals surface area contributed by atoms with Gasteiger partial charge >= 0.3 is 11.9 Å². The van der Waals surface area contributed by atoms with Crippen molar-refractivity contribution < 1.29 is 19.1 Å². The number of hydrogen-bond acceptors (Lipinski definition) is 4. The predicted molar refractivity (Wildman–Crippen MR) is 118 cm³/mol. The first kappa shape index (κ1) is 24.9. The molecule has 0 radical (unpaired) electrons. The second kappa shape index (κ2) is 14.8. The third-order valence-corrected chi connectivity index (χ3v) is 4.91. The molecule has 1 rings (SSSR count). The quantitative estimate of drug-likeness (QED) is 0.199. The monoisotopic (exact) mass is 402 g/mol. The molecule has 0 saturated heterocycles. The summed E-state index contributed by atoms with van der Waals surface area (Å²) in [6.07, 6.45) is 13.3. The van der Waals surface area contributed by atoms with Crippen LogP contribution in [0.3, 0.4) is 0 Å². The van der Waals surface area contributed by atoms with Crippen LogP contribution < -0.4 is 0 Å². The van der Waals surface area contributed by atoms with Crippen LogP contribution in [-0.2, 0) is 25.5 Å². The maximum atomic E-state index is 11.3. The first-order valence-electron chi connectivity index (χ1n) is 11.1. The highest BCUT2D eigenvalue weighted by molar-refractivity contribution is 5.69. The van der Waals surface area contributed by atoms with E-state index in [0.29, 0.717) is 6.42 Å². The number of benzene rings is 1. The number of aryl methyl sites for hydroxylation is 1. The summed E-state index contributed by atoms with van der Waals surface area (Å²) in [5.74, 6) is -0.951. The highest BCUT2D eigenvalue weighted by Gasteiger charge is 2.19. The number of carbonyl (C=O) groups excluding carboxylic acids is 2. The molecule has 0 amide bonds. The fourth-order valence-electron chi connectivity index (χ4n) is 3.27. The zero-order valence-corrected chi connectivity index (χ0v) is 18.7. The van der Waals surface area contributed by atoms with E-state index in [1.54, 1.807) is 0 Å². The minimum atomic E-state index is -0.966. The van der Waals surface area contributed by atoms with Crippen LogP contribution in [0.15, 0.2) is 29.8 Å². The van der Waals surface area contributed by atoms with Crippen LogP contribution in [0.25, 0.3) is 6.08 Å². The van der Waals surface area contributed by atoms with E-state index in [1.165, 1.54) is 70.8 Å². The van der Waals surface area contributed by atoms with Gasteiger partial charge in [0, 0.05) is 19.4 Å². The zero-order valence-electron chi connectivity index (χ0n) is 18.7. The molecule has 0 fully saturated rings. The number of hydrogen-bond donors (Lipinski definition) is 0. The Bertz CT molecular complexity index is 615. The van der Waals surface area contributed by atoms with Gasteiger partial charge in [-0.15, -0.1) is 0 Å². The lowest BCUT2D eigenvalue weighted by Crippen LogP contribution is -2.24. The van der Waals surface area contributed by atoms with Gasteiger partial charge in [-0.2, -0.15) is 0 Å². The number of rotatable bonds is 14. The Labute approximate surface area is 176 Å². The molecular formula is C25H38O4. The van der Waals surface area contributed by atoms with Crippen LogP contribution in [0, 0.1) is 0 Å². The lowest BCUT2D eigenvalue weighted by Gasteiger charge is -2.19. The summed E-state index contributed by atoms with van der Waals surface area (Å²) in [4.78, 5) is 22.6. The zero-order chi connectivity index (χ0) is 21.5. The molecule has 0 atom stereocenters. The lowest BCUT2D eigenvalue weighted by molar-refractivity contribution is -0.178. The van der Waals surface area contributed by atoms with Gasteiger partial charge in [0.25, 0.3) is 6.29 Å². The Kier molecular flexibility index (Phi) is 12.8. The summed E-state index contributed by atoms with van der Waals surface area (Å²) in [6.45, 7) is 6.82. The van der Waals surface area contributed by atoms with Crippen molar-refractivity contribution >= 4 is 18.0 Å². The Morgan fingerprint density at radius 2 is 1.34 bits per heavy atom. The van der Waals surface area contributed by atoms with Gasteiger partial charge in [0.1, 0.15) is 0 Å². The van der Waals surface area contributed by atoms with Crippen LogP contribution >= 0.6 is 0 Å². The standard InChI is InChI=1S/C25H38O4/c1-5-7-8-9-10-11-12-13-14-22-15-17-23(18-16-22)19-24(6-2)25(28-20(3)26)29-21(4)27/h15-19,25H,5-14H2,1-4H3. The summed E-state index contributed by atoms with van der Waals surface area (Å²) in [7, 11) is 0. The van der Waals surface area contributed by atoms with Crippen LogP contribution in [0.5, 0.6) is 0 Å². The van der Waals surface area contributed by atoms with Crippen LogP contribution in [0.4, 0.5) is 0 Å². The van der Waals surface area contributed by atoms with E-state index in [2.05, 4.69) is 31.2 Å². The van der Waals surface area contributed by atoms with E-state index in [9.17, 15) is 9.59 Å². The molecule has 0 N–H and O–H groups in total. The Balaban J connectivity index is 2.55. The van der Waals surface area contributed by atoms with Crippen molar-refractivity contribution in [3.05, 3.63) is 41.0 Å². The van der Waals surface area contributed by atoms with E-state index < -0.39 is 18.2 Å². The number of ether oxygens (including phenoxy) is 2. The molecule has 0 bridgehead atoms. The molecule has 0 aliphatic rings. The number of unbranched alkanes of at least 4 members (excludes halogenated alkanes) is 7. The minimum absolute atomic E-state index is 0.476. The second-order valence-corrected chi connectivity index (χ2v) is 7.59. The highest BCUT2D eigenvalue weighted by Crippen LogP contribution is 2.19. The Morgan fingerprint density at radius 1 is 0.828 bits per heavy atom. The van der Waals surface area contributed by atoms with Gasteiger partial charge in [-0.25, -0.2) is 0 Å². The fourth-order valence-corrected chi connectivity index (χ4v) is 3.27. The van der Waals surface area contributed by atoms with Gasteiger partial charge in [-0.05, 0) is 36.5 Å². The summed E-state index contributed by atoms with van der Waals surface area (Å²) >= 11 is 0. The van der Waals surface area contributed by atoms with Crippen molar-refractivity contribution in [3.8, 4) is 0 Å². The molecule has 4 heteroatoms. The van der Waals surface area contributed by atoms with Crippen molar-refractivity contribution in [1.82, 2.24) is 0 Å². The van der Waals surface area contributed by atoms with E-state index >= 15 is 0 Å². The predicted octanol–water partition coefficient (Wildman–Crippen LogP) is 6.62. The van der Waals surface area contributed by atoms with Crippen molar-refractivity contribution in [2.75, 3.05) is 0 Å². The number of esters is 2. The normalized spacial score (nSPS) is 11.6. The van der Waals surface area contributed by atoms with Crippen molar-refractivity contribution in [2.24, 2.45) is 0 Å². The largest absolute Gasteiger partial charge is 0.421 e. The maximum absolute atomic E-state index is 11.3. The Hall–Kier alpha value is -2.10. The van der Waals surface area contributed by atoms with Gasteiger partial charge in [-0.1, -0.05) is 83.1 Å². The topological polar surface area (TPSA) is 52.6 Å². The van der Waals surface area contributed by atoms with E-state index in [1.807, 2.05) is 13.0 Å². The molecule has 0 aliphatic heterocycles. The van der Waals surface area contributed by atoms with E-state index in [0.717, 1.165) is 17.6 Å². The molecule has 0 saturated carbocycles. The molecule has 1 aromatic rings. The first-order chi connectivity index (χ1) is 14.0. The maximum Gasteiger partial charge on any atom is 0.305 e. The van der Waals surface area contributed by atoms with E-state index in [4.69, 9.17) is 9.47 Å². The third-order valence-electron chi connectivity index (χ3n) is 4.91. The average molecular weight is 403 g/mol. The molecule has 29 heavy (non-hydrogen) atoms. The summed E-state index contributed by atoms with van der Waals surface area (Å²) < 4.78 is 10.3. The van der Waals surface area contributed by atoms with Gasteiger partial charge in [-0.3, -0.25) is 9.59 Å². The molecular weight excluding hydrogens is 364 g/mol. The smallest absolute Gasteiger partial charge is 0.305 e. The van der Waals surface area contributed by atoms with Crippen LogP contribution in [0.2, 0.25) is 0 Å². The molecule has 0 aromatic heterocycles. The molecule has 162 valence electrons. The van der Waals surface area contributed by atoms with Crippen molar-refractivity contribution in [3.63, 3.8) is 0 Å². The number of carbonyl (C=O) groups is 2. The van der Waals surface area contributed by atoms with Crippen molar-refractivity contribution in [2.45, 2.75) is 98.2 Å².